The molecule has 1 aliphatic carbocycles. The number of anilines is 3. The van der Waals surface area contributed by atoms with E-state index in [2.05, 4.69) is 25.6 Å². The Labute approximate surface area is 243 Å². The smallest absolute Gasteiger partial charge is 0.422 e. The molecule has 1 heterocycles. The van der Waals surface area contributed by atoms with E-state index < -0.39 is 40.3 Å². The summed E-state index contributed by atoms with van der Waals surface area (Å²) in [6.45, 7) is -1.60. The maximum Gasteiger partial charge on any atom is 0.422 e. The van der Waals surface area contributed by atoms with Gasteiger partial charge in [0.15, 0.2) is 6.61 Å². The average molecular weight is 619 g/mol. The zero-order valence-electron chi connectivity index (χ0n) is 21.5. The number of carbonyl (C=O) groups is 1. The highest BCUT2D eigenvalue weighted by molar-refractivity contribution is 7.90. The molecule has 0 unspecified atom stereocenters. The third kappa shape index (κ3) is 7.25. The summed E-state index contributed by atoms with van der Waals surface area (Å²) in [4.78, 5) is 24.7. The lowest BCUT2D eigenvalue weighted by molar-refractivity contribution is -0.154. The number of hydrogen-bond donors (Lipinski definition) is 3. The molecule has 1 amide bonds. The number of nitrogens with zero attached hydrogens (tertiary/aromatic N) is 3. The minimum atomic E-state index is -4.61. The van der Waals surface area contributed by atoms with Gasteiger partial charge in [-0.3, -0.25) is 4.79 Å². The second kappa shape index (κ2) is 11.4. The molecule has 1 saturated carbocycles. The van der Waals surface area contributed by atoms with Crippen LogP contribution in [0.3, 0.4) is 0 Å². The lowest BCUT2D eigenvalue weighted by Crippen LogP contribution is -2.30. The van der Waals surface area contributed by atoms with Crippen molar-refractivity contribution in [3.63, 3.8) is 0 Å². The predicted octanol–water partition coefficient (Wildman–Crippen LogP) is 5.43. The first kappa shape index (κ1) is 29.1. The van der Waals surface area contributed by atoms with Crippen molar-refractivity contribution in [1.29, 1.82) is 0 Å². The van der Waals surface area contributed by atoms with Crippen LogP contribution in [0.4, 0.5) is 30.8 Å². The van der Waals surface area contributed by atoms with Gasteiger partial charge in [0.1, 0.15) is 0 Å². The van der Waals surface area contributed by atoms with Crippen molar-refractivity contribution in [2.75, 3.05) is 17.2 Å². The average Bonchev–Trinajstić information content (AvgIpc) is 3.73. The molecule has 218 valence electrons. The normalized spacial score (nSPS) is 14.1. The minimum absolute atomic E-state index is 0.0146. The Balaban J connectivity index is 1.33. The molecule has 10 nitrogen and oxygen atoms in total. The second-order valence-corrected chi connectivity index (χ2v) is 11.5. The molecular weight excluding hydrogens is 597 g/mol. The van der Waals surface area contributed by atoms with Gasteiger partial charge in [0.25, 0.3) is 15.9 Å². The van der Waals surface area contributed by atoms with Crippen LogP contribution in [-0.2, 0) is 15.6 Å². The maximum atomic E-state index is 12.8. The number of amides is 1. The van der Waals surface area contributed by atoms with E-state index in [9.17, 15) is 26.4 Å². The molecule has 1 aliphatic rings. The molecule has 1 fully saturated rings. The van der Waals surface area contributed by atoms with E-state index in [0.717, 1.165) is 18.4 Å². The fourth-order valence-electron chi connectivity index (χ4n) is 3.95. The number of rotatable bonds is 10. The number of halogens is 4. The minimum Gasteiger partial charge on any atom is -0.454 e. The first-order valence-electron chi connectivity index (χ1n) is 12.4. The van der Waals surface area contributed by atoms with E-state index in [1.54, 1.807) is 18.2 Å². The van der Waals surface area contributed by atoms with Crippen LogP contribution in [-0.4, -0.2) is 42.1 Å². The van der Waals surface area contributed by atoms with Gasteiger partial charge >= 0.3 is 12.2 Å². The van der Waals surface area contributed by atoms with Crippen LogP contribution in [0.2, 0.25) is 5.02 Å². The topological polar surface area (TPSA) is 135 Å². The van der Waals surface area contributed by atoms with Gasteiger partial charge in [-0.05, 0) is 66.9 Å². The number of benzene rings is 3. The summed E-state index contributed by atoms with van der Waals surface area (Å²) in [7, 11) is -4.07. The van der Waals surface area contributed by atoms with Crippen LogP contribution < -0.4 is 20.1 Å². The highest BCUT2D eigenvalue weighted by atomic mass is 35.5. The summed E-state index contributed by atoms with van der Waals surface area (Å²) in [5, 5.41) is 6.58. The van der Waals surface area contributed by atoms with E-state index in [1.807, 2.05) is 16.9 Å². The van der Waals surface area contributed by atoms with Crippen molar-refractivity contribution in [3.05, 3.63) is 95.0 Å². The number of alkyl halides is 3. The number of carbonyl (C=O) groups excluding carboxylic acids is 1. The summed E-state index contributed by atoms with van der Waals surface area (Å²) in [5.41, 5.74) is 0.781. The highest BCUT2D eigenvalue weighted by Gasteiger charge is 2.45. The fourth-order valence-corrected chi connectivity index (χ4v) is 5.07. The van der Waals surface area contributed by atoms with Crippen LogP contribution in [0.5, 0.6) is 6.01 Å². The van der Waals surface area contributed by atoms with Gasteiger partial charge in [-0.15, -0.1) is 0 Å². The third-order valence-corrected chi connectivity index (χ3v) is 7.76. The van der Waals surface area contributed by atoms with Crippen molar-refractivity contribution >= 4 is 45.1 Å². The van der Waals surface area contributed by atoms with Gasteiger partial charge in [-0.25, -0.2) is 13.1 Å². The van der Waals surface area contributed by atoms with Crippen molar-refractivity contribution in [2.45, 2.75) is 29.5 Å². The van der Waals surface area contributed by atoms with Crippen LogP contribution >= 0.6 is 11.6 Å². The molecule has 42 heavy (non-hydrogen) atoms. The Hall–Kier alpha value is -4.43. The lowest BCUT2D eigenvalue weighted by atomic mass is 10.1. The predicted molar refractivity (Wildman–Crippen MR) is 148 cm³/mol. The zero-order chi connectivity index (χ0) is 30.0. The van der Waals surface area contributed by atoms with Crippen molar-refractivity contribution in [3.8, 4) is 6.01 Å². The number of ether oxygens (including phenoxy) is 1. The van der Waals surface area contributed by atoms with Crippen LogP contribution in [0.15, 0.2) is 83.8 Å². The molecule has 3 aromatic carbocycles. The van der Waals surface area contributed by atoms with Crippen molar-refractivity contribution in [2.24, 2.45) is 0 Å². The van der Waals surface area contributed by atoms with E-state index >= 15 is 0 Å². The molecule has 3 N–H and O–H groups in total. The summed E-state index contributed by atoms with van der Waals surface area (Å²) in [6, 6.07) is 19.6. The summed E-state index contributed by atoms with van der Waals surface area (Å²) >= 11 is 5.99. The van der Waals surface area contributed by atoms with E-state index in [-0.39, 0.29) is 22.4 Å². The molecule has 0 radical (unpaired) electrons. The fraction of sp³-hybridized carbons (Fsp3) is 0.185. The first-order valence-corrected chi connectivity index (χ1v) is 14.3. The monoisotopic (exact) mass is 618 g/mol. The van der Waals surface area contributed by atoms with E-state index in [0.29, 0.717) is 10.7 Å². The second-order valence-electron chi connectivity index (χ2n) is 9.33. The standard InChI is InChI=1S/C27H22ClF3N6O4S/c28-19-10-8-18(9-11-19)26(14-15-26)36-24-33-23(34-25(35-24)41-16-27(29,30)31)32-20-12-6-17(7-13-20)22(38)37-42(39,40)21-4-2-1-3-5-21/h1-13H,14-16H2,(H,37,38)(H2,32,33,34,35,36). The SMILES string of the molecule is O=C(NS(=O)(=O)c1ccccc1)c1ccc(Nc2nc(NC3(c4ccc(Cl)cc4)CC3)nc(OCC(F)(F)F)n2)cc1. The van der Waals surface area contributed by atoms with Crippen LogP contribution in [0.25, 0.3) is 0 Å². The summed E-state index contributed by atoms with van der Waals surface area (Å²) in [5.74, 6) is -0.989. The van der Waals surface area contributed by atoms with Gasteiger partial charge in [-0.2, -0.15) is 28.1 Å². The molecule has 5 rings (SSSR count). The number of hydrogen-bond acceptors (Lipinski definition) is 9. The number of aromatic nitrogens is 3. The van der Waals surface area contributed by atoms with Gasteiger partial charge in [0.05, 0.1) is 10.4 Å². The Morgan fingerprint density at radius 1 is 0.905 bits per heavy atom. The highest BCUT2D eigenvalue weighted by Crippen LogP contribution is 2.48. The molecule has 0 spiro atoms. The number of sulfonamides is 1. The Bertz CT molecular complexity index is 1690. The Morgan fingerprint density at radius 2 is 1.55 bits per heavy atom. The molecule has 0 aliphatic heterocycles. The molecule has 0 atom stereocenters. The molecule has 4 aromatic rings. The van der Waals surface area contributed by atoms with Gasteiger partial charge in [0.2, 0.25) is 11.9 Å². The molecule has 0 saturated heterocycles. The summed E-state index contributed by atoms with van der Waals surface area (Å²) in [6.07, 6.45) is -3.16. The first-order chi connectivity index (χ1) is 19.9. The van der Waals surface area contributed by atoms with Crippen LogP contribution in [0, 0.1) is 0 Å². The zero-order valence-corrected chi connectivity index (χ0v) is 23.1. The van der Waals surface area contributed by atoms with Crippen LogP contribution in [0.1, 0.15) is 28.8 Å². The number of nitrogens with one attached hydrogen (secondary N) is 3. The summed E-state index contributed by atoms with van der Waals surface area (Å²) < 4.78 is 70.1. The van der Waals surface area contributed by atoms with Crippen molar-refractivity contribution < 1.29 is 31.1 Å². The quantitative estimate of drug-likeness (QED) is 0.213. The van der Waals surface area contributed by atoms with E-state index in [4.69, 9.17) is 16.3 Å². The Morgan fingerprint density at radius 3 is 2.17 bits per heavy atom. The van der Waals surface area contributed by atoms with Crippen molar-refractivity contribution in [1.82, 2.24) is 19.7 Å². The molecular formula is C27H22ClF3N6O4S. The third-order valence-electron chi connectivity index (χ3n) is 6.16. The molecule has 1 aromatic heterocycles. The maximum absolute atomic E-state index is 12.8. The van der Waals surface area contributed by atoms with E-state index in [1.165, 1.54) is 48.5 Å². The molecule has 0 bridgehead atoms. The largest absolute Gasteiger partial charge is 0.454 e. The van der Waals surface area contributed by atoms with Gasteiger partial charge in [-0.1, -0.05) is 41.9 Å². The van der Waals surface area contributed by atoms with Gasteiger partial charge < -0.3 is 15.4 Å². The Kier molecular flexibility index (Phi) is 7.93. The lowest BCUT2D eigenvalue weighted by Gasteiger charge is -2.19. The molecule has 15 heteroatoms. The van der Waals surface area contributed by atoms with Gasteiger partial charge in [0, 0.05) is 16.3 Å².